The van der Waals surface area contributed by atoms with Gasteiger partial charge in [0.1, 0.15) is 11.6 Å². The average molecular weight is 350 g/mol. The number of alkyl halides is 1. The molecule has 21 heavy (non-hydrogen) atoms. The van der Waals surface area contributed by atoms with Crippen molar-refractivity contribution in [2.45, 2.75) is 37.1 Å². The van der Waals surface area contributed by atoms with E-state index in [1.54, 1.807) is 7.11 Å². The number of aryl methyl sites for hydroxylation is 1. The molecule has 0 fully saturated rings. The number of ether oxygens (including phenoxy) is 1. The normalized spacial score (nSPS) is 17.7. The van der Waals surface area contributed by atoms with Crippen molar-refractivity contribution in [3.63, 3.8) is 0 Å². The van der Waals surface area contributed by atoms with Crippen molar-refractivity contribution >= 4 is 15.9 Å². The van der Waals surface area contributed by atoms with Crippen molar-refractivity contribution in [2.75, 3.05) is 13.7 Å². The Balaban J connectivity index is 1.99. The predicted molar refractivity (Wildman–Crippen MR) is 85.8 cm³/mol. The molecule has 0 radical (unpaired) electrons. The highest BCUT2D eigenvalue weighted by Crippen LogP contribution is 2.36. The number of rotatable bonds is 5. The maximum Gasteiger partial charge on any atom is 0.143 e. The minimum atomic E-state index is 0.354. The zero-order valence-corrected chi connectivity index (χ0v) is 13.8. The SMILES string of the molecule is COCCn1c(CBr)nnc1C1CCCc2ccccc21. The highest BCUT2D eigenvalue weighted by atomic mass is 79.9. The van der Waals surface area contributed by atoms with Crippen LogP contribution in [-0.4, -0.2) is 28.5 Å². The first-order valence-corrected chi connectivity index (χ1v) is 8.52. The van der Waals surface area contributed by atoms with Crippen LogP contribution in [0.2, 0.25) is 0 Å². The Kier molecular flexibility index (Phi) is 4.70. The number of methoxy groups -OCH3 is 1. The minimum Gasteiger partial charge on any atom is -0.383 e. The quantitative estimate of drug-likeness (QED) is 0.777. The Morgan fingerprint density at radius 1 is 1.33 bits per heavy atom. The van der Waals surface area contributed by atoms with Gasteiger partial charge in [-0.05, 0) is 30.4 Å². The minimum absolute atomic E-state index is 0.354. The fourth-order valence-electron chi connectivity index (χ4n) is 3.15. The van der Waals surface area contributed by atoms with E-state index in [2.05, 4.69) is 55.0 Å². The summed E-state index contributed by atoms with van der Waals surface area (Å²) < 4.78 is 7.45. The summed E-state index contributed by atoms with van der Waals surface area (Å²) in [6.07, 6.45) is 3.52. The van der Waals surface area contributed by atoms with Gasteiger partial charge in [-0.1, -0.05) is 40.2 Å². The molecule has 1 aliphatic rings. The first-order chi connectivity index (χ1) is 10.3. The van der Waals surface area contributed by atoms with Gasteiger partial charge in [0.05, 0.1) is 11.9 Å². The Bertz CT molecular complexity index is 611. The summed E-state index contributed by atoms with van der Waals surface area (Å²) in [6.45, 7) is 1.48. The molecule has 4 nitrogen and oxygen atoms in total. The molecule has 0 N–H and O–H groups in total. The number of hydrogen-bond acceptors (Lipinski definition) is 3. The maximum absolute atomic E-state index is 5.23. The van der Waals surface area contributed by atoms with Crippen LogP contribution in [0.3, 0.4) is 0 Å². The summed E-state index contributed by atoms with van der Waals surface area (Å²) in [5, 5.41) is 9.56. The molecule has 2 aromatic rings. The fraction of sp³-hybridized carbons (Fsp3) is 0.500. The Morgan fingerprint density at radius 3 is 3.00 bits per heavy atom. The average Bonchev–Trinajstić information content (AvgIpc) is 2.95. The van der Waals surface area contributed by atoms with Gasteiger partial charge in [-0.25, -0.2) is 0 Å². The number of hydrogen-bond donors (Lipinski definition) is 0. The molecule has 0 bridgehead atoms. The Morgan fingerprint density at radius 2 is 2.19 bits per heavy atom. The molecule has 1 aliphatic carbocycles. The van der Waals surface area contributed by atoms with Crippen LogP contribution in [0.4, 0.5) is 0 Å². The largest absolute Gasteiger partial charge is 0.383 e. The number of benzene rings is 1. The van der Waals surface area contributed by atoms with Gasteiger partial charge in [0, 0.05) is 19.6 Å². The van der Waals surface area contributed by atoms with Crippen LogP contribution in [0.5, 0.6) is 0 Å². The molecule has 1 aromatic heterocycles. The Labute approximate surface area is 133 Å². The van der Waals surface area contributed by atoms with E-state index in [1.165, 1.54) is 24.0 Å². The molecule has 0 saturated carbocycles. The van der Waals surface area contributed by atoms with Crippen molar-refractivity contribution in [3.05, 3.63) is 47.0 Å². The summed E-state index contributed by atoms with van der Waals surface area (Å²) >= 11 is 3.51. The van der Waals surface area contributed by atoms with Crippen LogP contribution < -0.4 is 0 Å². The van der Waals surface area contributed by atoms with Gasteiger partial charge in [0.25, 0.3) is 0 Å². The van der Waals surface area contributed by atoms with Gasteiger partial charge in [-0.15, -0.1) is 10.2 Å². The van der Waals surface area contributed by atoms with E-state index >= 15 is 0 Å². The van der Waals surface area contributed by atoms with Crippen molar-refractivity contribution in [1.29, 1.82) is 0 Å². The third-order valence-electron chi connectivity index (χ3n) is 4.18. The lowest BCUT2D eigenvalue weighted by atomic mass is 9.82. The number of aromatic nitrogens is 3. The molecule has 0 amide bonds. The molecule has 0 aliphatic heterocycles. The Hall–Kier alpha value is -1.20. The van der Waals surface area contributed by atoms with Crippen LogP contribution in [0.1, 0.15) is 41.5 Å². The lowest BCUT2D eigenvalue weighted by Crippen LogP contribution is -2.18. The molecule has 1 aromatic carbocycles. The van der Waals surface area contributed by atoms with Crippen molar-refractivity contribution in [2.24, 2.45) is 0 Å². The zero-order valence-electron chi connectivity index (χ0n) is 12.3. The van der Waals surface area contributed by atoms with Crippen LogP contribution in [0.15, 0.2) is 24.3 Å². The van der Waals surface area contributed by atoms with Gasteiger partial charge in [-0.2, -0.15) is 0 Å². The lowest BCUT2D eigenvalue weighted by Gasteiger charge is -2.25. The van der Waals surface area contributed by atoms with Crippen molar-refractivity contribution in [1.82, 2.24) is 14.8 Å². The molecule has 0 spiro atoms. The van der Waals surface area contributed by atoms with Crippen molar-refractivity contribution in [3.8, 4) is 0 Å². The molecular formula is C16H20BrN3O. The number of fused-ring (bicyclic) bond motifs is 1. The predicted octanol–water partition coefficient (Wildman–Crippen LogP) is 3.29. The number of nitrogens with zero attached hydrogens (tertiary/aromatic N) is 3. The zero-order chi connectivity index (χ0) is 14.7. The van der Waals surface area contributed by atoms with Crippen LogP contribution >= 0.6 is 15.9 Å². The summed E-state index contributed by atoms with van der Waals surface area (Å²) in [5.74, 6) is 2.41. The summed E-state index contributed by atoms with van der Waals surface area (Å²) in [6, 6.07) is 8.73. The smallest absolute Gasteiger partial charge is 0.143 e. The first kappa shape index (κ1) is 14.7. The third-order valence-corrected chi connectivity index (χ3v) is 4.68. The van der Waals surface area contributed by atoms with Crippen LogP contribution in [0.25, 0.3) is 0 Å². The molecular weight excluding hydrogens is 330 g/mol. The standard InChI is InChI=1S/C16H20BrN3O/c1-21-10-9-20-15(11-17)18-19-16(20)14-8-4-6-12-5-2-3-7-13(12)14/h2-3,5,7,14H,4,6,8-11H2,1H3. The van der Waals surface area contributed by atoms with E-state index in [0.29, 0.717) is 12.5 Å². The second-order valence-corrected chi connectivity index (χ2v) is 5.96. The maximum atomic E-state index is 5.23. The van der Waals surface area contributed by atoms with E-state index in [4.69, 9.17) is 4.74 Å². The van der Waals surface area contributed by atoms with E-state index in [1.807, 2.05) is 0 Å². The van der Waals surface area contributed by atoms with Crippen molar-refractivity contribution < 1.29 is 4.74 Å². The molecule has 1 heterocycles. The van der Waals surface area contributed by atoms with Gasteiger partial charge >= 0.3 is 0 Å². The second-order valence-electron chi connectivity index (χ2n) is 5.40. The topological polar surface area (TPSA) is 39.9 Å². The third kappa shape index (κ3) is 2.90. The molecule has 0 saturated heterocycles. The highest BCUT2D eigenvalue weighted by Gasteiger charge is 2.26. The van der Waals surface area contributed by atoms with E-state index in [0.717, 1.165) is 29.9 Å². The van der Waals surface area contributed by atoms with Gasteiger partial charge < -0.3 is 9.30 Å². The summed E-state index contributed by atoms with van der Waals surface area (Å²) in [5.41, 5.74) is 2.87. The first-order valence-electron chi connectivity index (χ1n) is 7.39. The van der Waals surface area contributed by atoms with Gasteiger partial charge in [-0.3, -0.25) is 0 Å². The van der Waals surface area contributed by atoms with Gasteiger partial charge in [0.15, 0.2) is 0 Å². The van der Waals surface area contributed by atoms with E-state index in [-0.39, 0.29) is 0 Å². The summed E-state index contributed by atoms with van der Waals surface area (Å²) in [7, 11) is 1.73. The van der Waals surface area contributed by atoms with E-state index < -0.39 is 0 Å². The van der Waals surface area contributed by atoms with E-state index in [9.17, 15) is 0 Å². The molecule has 3 rings (SSSR count). The fourth-order valence-corrected chi connectivity index (χ4v) is 3.57. The molecule has 5 heteroatoms. The second kappa shape index (κ2) is 6.71. The molecule has 112 valence electrons. The highest BCUT2D eigenvalue weighted by molar-refractivity contribution is 9.08. The number of halogens is 1. The van der Waals surface area contributed by atoms with Crippen LogP contribution in [-0.2, 0) is 23.0 Å². The summed E-state index contributed by atoms with van der Waals surface area (Å²) in [4.78, 5) is 0. The molecule has 1 unspecified atom stereocenters. The van der Waals surface area contributed by atoms with Gasteiger partial charge in [0.2, 0.25) is 0 Å². The monoisotopic (exact) mass is 349 g/mol. The molecule has 1 atom stereocenters. The van der Waals surface area contributed by atoms with Crippen LogP contribution in [0, 0.1) is 0 Å². The lowest BCUT2D eigenvalue weighted by molar-refractivity contribution is 0.185.